The fourth-order valence-corrected chi connectivity index (χ4v) is 1.67. The molecule has 0 radical (unpaired) electrons. The fraction of sp³-hybridized carbons (Fsp3) is 0.400. The molecule has 1 aromatic heterocycles. The Morgan fingerprint density at radius 3 is 2.79 bits per heavy atom. The van der Waals surface area contributed by atoms with Crippen LogP contribution in [0.15, 0.2) is 22.3 Å². The minimum Gasteiger partial charge on any atom is -0.288 e. The number of rotatable bonds is 3. The Labute approximate surface area is 91.9 Å². The maximum atomic E-state index is 11.7. The van der Waals surface area contributed by atoms with Gasteiger partial charge in [-0.15, -0.1) is 0 Å². The smallest absolute Gasteiger partial charge is 0.204 e. The highest BCUT2D eigenvalue weighted by atomic mass is 79.9. The van der Waals surface area contributed by atoms with E-state index < -0.39 is 0 Å². The van der Waals surface area contributed by atoms with Crippen molar-refractivity contribution in [1.29, 1.82) is 0 Å². The highest BCUT2D eigenvalue weighted by molar-refractivity contribution is 9.10. The molecule has 1 heterocycles. The molecule has 1 rings (SSSR count). The van der Waals surface area contributed by atoms with Crippen molar-refractivity contribution in [2.75, 3.05) is 0 Å². The van der Waals surface area contributed by atoms with Gasteiger partial charge in [-0.1, -0.05) is 5.57 Å². The summed E-state index contributed by atoms with van der Waals surface area (Å²) in [6.45, 7) is 6.46. The second-order valence-corrected chi connectivity index (χ2v) is 4.10. The van der Waals surface area contributed by atoms with E-state index in [0.29, 0.717) is 12.2 Å². The molecule has 0 N–H and O–H groups in total. The summed E-state index contributed by atoms with van der Waals surface area (Å²) in [5.74, 6) is -0.00350. The van der Waals surface area contributed by atoms with Crippen LogP contribution in [0.2, 0.25) is 0 Å². The average molecular weight is 257 g/mol. The first-order chi connectivity index (χ1) is 6.56. The number of aromatic nitrogens is 2. The van der Waals surface area contributed by atoms with Gasteiger partial charge in [-0.2, -0.15) is 5.10 Å². The van der Waals surface area contributed by atoms with Crippen molar-refractivity contribution in [3.8, 4) is 0 Å². The summed E-state index contributed by atoms with van der Waals surface area (Å²) in [6, 6.07) is 0. The predicted octanol–water partition coefficient (Wildman–Crippen LogP) is 2.81. The van der Waals surface area contributed by atoms with Gasteiger partial charge in [0.15, 0.2) is 0 Å². The van der Waals surface area contributed by atoms with Gasteiger partial charge in [0.05, 0.1) is 10.7 Å². The summed E-state index contributed by atoms with van der Waals surface area (Å²) in [6.07, 6.45) is 3.27. The molecule has 0 saturated carbocycles. The number of carbonyl (C=O) groups is 1. The van der Waals surface area contributed by atoms with E-state index in [9.17, 15) is 4.79 Å². The summed E-state index contributed by atoms with van der Waals surface area (Å²) in [4.78, 5) is 11.7. The van der Waals surface area contributed by atoms with Crippen LogP contribution in [0.25, 0.3) is 0 Å². The molecule has 0 bridgehead atoms. The zero-order valence-corrected chi connectivity index (χ0v) is 10.1. The maximum Gasteiger partial charge on any atom is 0.204 e. The summed E-state index contributed by atoms with van der Waals surface area (Å²) in [5.41, 5.74) is 1.61. The third-order valence-electron chi connectivity index (χ3n) is 1.75. The topological polar surface area (TPSA) is 34.9 Å². The number of nitrogens with zero attached hydrogens (tertiary/aromatic N) is 2. The van der Waals surface area contributed by atoms with Gasteiger partial charge < -0.3 is 0 Å². The number of hydrogen-bond donors (Lipinski definition) is 0. The lowest BCUT2D eigenvalue weighted by molar-refractivity contribution is 0.103. The van der Waals surface area contributed by atoms with E-state index in [0.717, 1.165) is 10.0 Å². The molecule has 0 unspecified atom stereocenters. The van der Waals surface area contributed by atoms with Gasteiger partial charge in [0.25, 0.3) is 0 Å². The van der Waals surface area contributed by atoms with Gasteiger partial charge in [-0.3, -0.25) is 9.48 Å². The number of hydrogen-bond acceptors (Lipinski definition) is 2. The molecule has 0 aliphatic heterocycles. The predicted molar refractivity (Wildman–Crippen MR) is 59.4 cm³/mol. The minimum atomic E-state index is -0.00350. The molecule has 0 amide bonds. The lowest BCUT2D eigenvalue weighted by atomic mass is 10.2. The molecule has 0 aliphatic carbocycles. The van der Waals surface area contributed by atoms with Crippen molar-refractivity contribution in [3.63, 3.8) is 0 Å². The van der Waals surface area contributed by atoms with Crippen molar-refractivity contribution >= 4 is 21.7 Å². The number of aryl methyl sites for hydroxylation is 1. The van der Waals surface area contributed by atoms with E-state index in [4.69, 9.17) is 0 Å². The van der Waals surface area contributed by atoms with Gasteiger partial charge in [0.2, 0.25) is 5.78 Å². The Morgan fingerprint density at radius 2 is 2.29 bits per heavy atom. The zero-order valence-electron chi connectivity index (χ0n) is 8.54. The molecular weight excluding hydrogens is 244 g/mol. The third kappa shape index (κ3) is 2.32. The van der Waals surface area contributed by atoms with Gasteiger partial charge in [-0.25, -0.2) is 0 Å². The van der Waals surface area contributed by atoms with Crippen LogP contribution >= 0.6 is 15.9 Å². The second-order valence-electron chi connectivity index (χ2n) is 3.24. The fourth-order valence-electron chi connectivity index (χ4n) is 1.18. The summed E-state index contributed by atoms with van der Waals surface area (Å²) in [7, 11) is 0. The molecule has 3 nitrogen and oxygen atoms in total. The molecule has 1 aromatic rings. The molecule has 0 aliphatic rings. The molecule has 76 valence electrons. The van der Waals surface area contributed by atoms with Crippen LogP contribution in [0.4, 0.5) is 0 Å². The largest absolute Gasteiger partial charge is 0.288 e. The van der Waals surface area contributed by atoms with Crippen molar-refractivity contribution < 1.29 is 4.79 Å². The molecule has 4 heteroatoms. The highest BCUT2D eigenvalue weighted by Crippen LogP contribution is 2.17. The van der Waals surface area contributed by atoms with Crippen LogP contribution in [-0.4, -0.2) is 15.6 Å². The van der Waals surface area contributed by atoms with Gasteiger partial charge in [0.1, 0.15) is 5.69 Å². The molecule has 0 aromatic carbocycles. The highest BCUT2D eigenvalue weighted by Gasteiger charge is 2.13. The molecular formula is C10H13BrN2O. The van der Waals surface area contributed by atoms with E-state index >= 15 is 0 Å². The molecule has 0 saturated heterocycles. The summed E-state index contributed by atoms with van der Waals surface area (Å²) >= 11 is 3.32. The van der Waals surface area contributed by atoms with Gasteiger partial charge in [-0.05, 0) is 42.8 Å². The first-order valence-corrected chi connectivity index (χ1v) is 5.26. The van der Waals surface area contributed by atoms with Crippen molar-refractivity contribution in [2.45, 2.75) is 27.3 Å². The van der Waals surface area contributed by atoms with Crippen LogP contribution in [0.5, 0.6) is 0 Å². The normalized spacial score (nSPS) is 10.0. The number of carbonyl (C=O) groups excluding carboxylic acids is 1. The molecule has 0 fully saturated rings. The number of ketones is 1. The van der Waals surface area contributed by atoms with Crippen molar-refractivity contribution in [2.24, 2.45) is 0 Å². The van der Waals surface area contributed by atoms with Crippen LogP contribution in [-0.2, 0) is 6.54 Å². The van der Waals surface area contributed by atoms with Crippen LogP contribution in [0.3, 0.4) is 0 Å². The second kappa shape index (κ2) is 4.55. The first kappa shape index (κ1) is 11.2. The van der Waals surface area contributed by atoms with E-state index in [2.05, 4.69) is 21.0 Å². The first-order valence-electron chi connectivity index (χ1n) is 4.46. The Bertz CT molecular complexity index is 375. The SMILES string of the molecule is CCn1ncc(Br)c1C(=O)C=C(C)C. The molecule has 14 heavy (non-hydrogen) atoms. The Balaban J connectivity index is 3.11. The zero-order chi connectivity index (χ0) is 10.7. The van der Waals surface area contributed by atoms with E-state index in [-0.39, 0.29) is 5.78 Å². The summed E-state index contributed by atoms with van der Waals surface area (Å²) < 4.78 is 2.44. The van der Waals surface area contributed by atoms with E-state index in [1.807, 2.05) is 20.8 Å². The monoisotopic (exact) mass is 256 g/mol. The standard InChI is InChI=1S/C10H13BrN2O/c1-4-13-10(8(11)6-12-13)9(14)5-7(2)3/h5-6H,4H2,1-3H3. The van der Waals surface area contributed by atoms with Crippen molar-refractivity contribution in [1.82, 2.24) is 9.78 Å². The Kier molecular flexibility index (Phi) is 3.63. The van der Waals surface area contributed by atoms with E-state index in [1.54, 1.807) is 17.0 Å². The minimum absolute atomic E-state index is 0.00350. The van der Waals surface area contributed by atoms with Gasteiger partial charge >= 0.3 is 0 Å². The van der Waals surface area contributed by atoms with Crippen molar-refractivity contribution in [3.05, 3.63) is 28.0 Å². The Morgan fingerprint density at radius 1 is 1.64 bits per heavy atom. The average Bonchev–Trinajstić information content (AvgIpc) is 2.45. The number of halogens is 1. The summed E-state index contributed by atoms with van der Waals surface area (Å²) in [5, 5.41) is 4.08. The lowest BCUT2D eigenvalue weighted by Crippen LogP contribution is -2.08. The molecule has 0 atom stereocenters. The third-order valence-corrected chi connectivity index (χ3v) is 2.33. The quantitative estimate of drug-likeness (QED) is 0.616. The Hall–Kier alpha value is -0.900. The van der Waals surface area contributed by atoms with E-state index in [1.165, 1.54) is 0 Å². The maximum absolute atomic E-state index is 11.7. The molecule has 0 spiro atoms. The van der Waals surface area contributed by atoms with Crippen LogP contribution < -0.4 is 0 Å². The van der Waals surface area contributed by atoms with Gasteiger partial charge in [0, 0.05) is 6.54 Å². The lowest BCUT2D eigenvalue weighted by Gasteiger charge is -2.01. The van der Waals surface area contributed by atoms with Crippen LogP contribution in [0, 0.1) is 0 Å². The van der Waals surface area contributed by atoms with Crippen LogP contribution in [0.1, 0.15) is 31.3 Å². The number of allylic oxidation sites excluding steroid dienone is 2.